The quantitative estimate of drug-likeness (QED) is 0.815. The lowest BCUT2D eigenvalue weighted by atomic mass is 10.2. The molecule has 0 aliphatic heterocycles. The predicted octanol–water partition coefficient (Wildman–Crippen LogP) is 4.03. The van der Waals surface area contributed by atoms with Crippen molar-refractivity contribution in [2.45, 2.75) is 20.8 Å². The molecule has 0 aliphatic rings. The monoisotopic (exact) mass is 259 g/mol. The molecule has 18 heavy (non-hydrogen) atoms. The number of rotatable bonds is 3. The molecular formula is C15H17NOS. The lowest BCUT2D eigenvalue weighted by Crippen LogP contribution is -2.30. The van der Waals surface area contributed by atoms with Gasteiger partial charge in [-0.3, -0.25) is 4.79 Å². The van der Waals surface area contributed by atoms with Gasteiger partial charge in [0.05, 0.1) is 5.56 Å². The predicted molar refractivity (Wildman–Crippen MR) is 77.6 cm³/mol. The Morgan fingerprint density at radius 3 is 2.39 bits per heavy atom. The highest BCUT2D eigenvalue weighted by atomic mass is 32.1. The third kappa shape index (κ3) is 2.46. The molecular weight excluding hydrogens is 242 g/mol. The van der Waals surface area contributed by atoms with E-state index in [1.165, 1.54) is 4.88 Å². The lowest BCUT2D eigenvalue weighted by Gasteiger charge is -2.20. The van der Waals surface area contributed by atoms with Gasteiger partial charge in [0.25, 0.3) is 5.91 Å². The number of carbonyl (C=O) groups excluding carboxylic acids is 1. The van der Waals surface area contributed by atoms with Gasteiger partial charge in [-0.05, 0) is 39.0 Å². The van der Waals surface area contributed by atoms with Gasteiger partial charge in [0.1, 0.15) is 0 Å². The zero-order valence-corrected chi connectivity index (χ0v) is 11.8. The number of hydrogen-bond donors (Lipinski definition) is 0. The summed E-state index contributed by atoms with van der Waals surface area (Å²) in [5, 5.41) is 0. The molecule has 1 heterocycles. The van der Waals surface area contributed by atoms with Crippen molar-refractivity contribution in [3.8, 4) is 0 Å². The van der Waals surface area contributed by atoms with Crippen LogP contribution >= 0.6 is 11.3 Å². The molecule has 0 saturated heterocycles. The Hall–Kier alpha value is -1.61. The summed E-state index contributed by atoms with van der Waals surface area (Å²) < 4.78 is 0. The van der Waals surface area contributed by atoms with Gasteiger partial charge in [-0.25, -0.2) is 0 Å². The molecule has 0 spiro atoms. The van der Waals surface area contributed by atoms with E-state index < -0.39 is 0 Å². The zero-order chi connectivity index (χ0) is 13.1. The minimum absolute atomic E-state index is 0.0885. The van der Waals surface area contributed by atoms with E-state index >= 15 is 0 Å². The van der Waals surface area contributed by atoms with Crippen LogP contribution in [-0.2, 0) is 0 Å². The van der Waals surface area contributed by atoms with E-state index in [1.54, 1.807) is 11.3 Å². The molecule has 2 aromatic rings. The van der Waals surface area contributed by atoms with E-state index in [2.05, 4.69) is 0 Å². The smallest absolute Gasteiger partial charge is 0.259 e. The summed E-state index contributed by atoms with van der Waals surface area (Å²) in [7, 11) is 0. The number of thiophene rings is 1. The molecule has 3 heteroatoms. The maximum Gasteiger partial charge on any atom is 0.259 e. The average Bonchev–Trinajstić information content (AvgIpc) is 2.70. The van der Waals surface area contributed by atoms with Crippen LogP contribution in [0.5, 0.6) is 0 Å². The van der Waals surface area contributed by atoms with Gasteiger partial charge in [0.15, 0.2) is 0 Å². The van der Waals surface area contributed by atoms with Crippen LogP contribution in [0, 0.1) is 13.8 Å². The number of hydrogen-bond acceptors (Lipinski definition) is 2. The van der Waals surface area contributed by atoms with E-state index in [4.69, 9.17) is 0 Å². The first kappa shape index (κ1) is 12.8. The molecule has 0 fully saturated rings. The maximum absolute atomic E-state index is 12.5. The Kier molecular flexibility index (Phi) is 3.82. The van der Waals surface area contributed by atoms with Crippen molar-refractivity contribution in [3.63, 3.8) is 0 Å². The average molecular weight is 259 g/mol. The van der Waals surface area contributed by atoms with Gasteiger partial charge in [-0.2, -0.15) is 0 Å². The Morgan fingerprint density at radius 2 is 1.89 bits per heavy atom. The SMILES string of the molecule is CCN(C(=O)c1cc(C)sc1C)c1ccccc1. The van der Waals surface area contributed by atoms with Crippen molar-refractivity contribution < 1.29 is 4.79 Å². The van der Waals surface area contributed by atoms with Crippen LogP contribution in [-0.4, -0.2) is 12.5 Å². The molecule has 0 radical (unpaired) electrons. The molecule has 1 aromatic heterocycles. The normalized spacial score (nSPS) is 10.4. The maximum atomic E-state index is 12.5. The van der Waals surface area contributed by atoms with Crippen molar-refractivity contribution in [1.82, 2.24) is 0 Å². The van der Waals surface area contributed by atoms with Crippen molar-refractivity contribution in [3.05, 3.63) is 51.7 Å². The molecule has 2 rings (SSSR count). The number of carbonyl (C=O) groups is 1. The Balaban J connectivity index is 2.34. The van der Waals surface area contributed by atoms with Crippen LogP contribution in [0.1, 0.15) is 27.0 Å². The summed E-state index contributed by atoms with van der Waals surface area (Å²) in [4.78, 5) is 16.6. The van der Waals surface area contributed by atoms with Crippen molar-refractivity contribution in [1.29, 1.82) is 0 Å². The Labute approximate surface area is 112 Å². The molecule has 0 atom stereocenters. The van der Waals surface area contributed by atoms with Crippen molar-refractivity contribution >= 4 is 22.9 Å². The van der Waals surface area contributed by atoms with Crippen LogP contribution in [0.4, 0.5) is 5.69 Å². The molecule has 1 aromatic carbocycles. The second-order valence-electron chi connectivity index (χ2n) is 4.21. The fourth-order valence-electron chi connectivity index (χ4n) is 2.04. The highest BCUT2D eigenvalue weighted by molar-refractivity contribution is 7.12. The summed E-state index contributed by atoms with van der Waals surface area (Å²) in [5.41, 5.74) is 1.77. The number of amides is 1. The zero-order valence-electron chi connectivity index (χ0n) is 10.9. The molecule has 94 valence electrons. The Bertz CT molecular complexity index is 545. The first-order valence-electron chi connectivity index (χ1n) is 6.07. The largest absolute Gasteiger partial charge is 0.309 e. The van der Waals surface area contributed by atoms with Gasteiger partial charge in [-0.15, -0.1) is 11.3 Å². The molecule has 0 aliphatic carbocycles. The molecule has 0 bridgehead atoms. The number of anilines is 1. The van der Waals surface area contributed by atoms with E-state index in [0.29, 0.717) is 6.54 Å². The van der Waals surface area contributed by atoms with E-state index in [1.807, 2.05) is 62.1 Å². The minimum atomic E-state index is 0.0885. The van der Waals surface area contributed by atoms with Gasteiger partial charge in [-0.1, -0.05) is 18.2 Å². The summed E-state index contributed by atoms with van der Waals surface area (Å²) >= 11 is 1.67. The fraction of sp³-hybridized carbons (Fsp3) is 0.267. The summed E-state index contributed by atoms with van der Waals surface area (Å²) in [6, 6.07) is 11.8. The van der Waals surface area contributed by atoms with Crippen LogP contribution in [0.3, 0.4) is 0 Å². The topological polar surface area (TPSA) is 20.3 Å². The summed E-state index contributed by atoms with van der Waals surface area (Å²) in [6.45, 7) is 6.72. The van der Waals surface area contributed by atoms with E-state index in [9.17, 15) is 4.79 Å². The van der Waals surface area contributed by atoms with Gasteiger partial charge in [0, 0.05) is 22.0 Å². The molecule has 0 unspecified atom stereocenters. The summed E-state index contributed by atoms with van der Waals surface area (Å²) in [5.74, 6) is 0.0885. The molecule has 0 saturated carbocycles. The number of aryl methyl sites for hydroxylation is 2. The van der Waals surface area contributed by atoms with Crippen LogP contribution < -0.4 is 4.90 Å². The van der Waals surface area contributed by atoms with E-state index in [-0.39, 0.29) is 5.91 Å². The van der Waals surface area contributed by atoms with Gasteiger partial charge in [0.2, 0.25) is 0 Å². The Morgan fingerprint density at radius 1 is 1.22 bits per heavy atom. The van der Waals surface area contributed by atoms with Crippen LogP contribution in [0.15, 0.2) is 36.4 Å². The van der Waals surface area contributed by atoms with Gasteiger partial charge >= 0.3 is 0 Å². The molecule has 2 nitrogen and oxygen atoms in total. The third-order valence-electron chi connectivity index (χ3n) is 2.90. The van der Waals surface area contributed by atoms with Gasteiger partial charge < -0.3 is 4.90 Å². The second kappa shape index (κ2) is 5.36. The van der Waals surface area contributed by atoms with E-state index in [0.717, 1.165) is 16.1 Å². The summed E-state index contributed by atoms with van der Waals surface area (Å²) in [6.07, 6.45) is 0. The lowest BCUT2D eigenvalue weighted by molar-refractivity contribution is 0.0988. The molecule has 0 N–H and O–H groups in total. The fourth-order valence-corrected chi connectivity index (χ4v) is 2.96. The number of para-hydroxylation sites is 1. The third-order valence-corrected chi connectivity index (χ3v) is 3.87. The standard InChI is InChI=1S/C15H17NOS/c1-4-16(13-8-6-5-7-9-13)15(17)14-10-11(2)18-12(14)3/h5-10H,4H2,1-3H3. The highest BCUT2D eigenvalue weighted by Crippen LogP contribution is 2.24. The minimum Gasteiger partial charge on any atom is -0.309 e. The van der Waals surface area contributed by atoms with Crippen LogP contribution in [0.2, 0.25) is 0 Å². The first-order valence-corrected chi connectivity index (χ1v) is 6.89. The van der Waals surface area contributed by atoms with Crippen LogP contribution in [0.25, 0.3) is 0 Å². The first-order chi connectivity index (χ1) is 8.63. The number of nitrogens with zero attached hydrogens (tertiary/aromatic N) is 1. The molecule has 1 amide bonds. The van der Waals surface area contributed by atoms with Crippen molar-refractivity contribution in [2.75, 3.05) is 11.4 Å². The second-order valence-corrected chi connectivity index (χ2v) is 5.67. The number of benzene rings is 1. The highest BCUT2D eigenvalue weighted by Gasteiger charge is 2.19. The van der Waals surface area contributed by atoms with Crippen molar-refractivity contribution in [2.24, 2.45) is 0 Å².